The monoisotopic (exact) mass is 383 g/mol. The minimum absolute atomic E-state index is 0.0144. The zero-order valence-corrected chi connectivity index (χ0v) is 15.2. The van der Waals surface area contributed by atoms with Crippen LogP contribution >= 0.6 is 11.8 Å². The van der Waals surface area contributed by atoms with Crippen molar-refractivity contribution in [2.75, 3.05) is 0 Å². The van der Waals surface area contributed by atoms with Gasteiger partial charge in [0.2, 0.25) is 5.82 Å². The van der Waals surface area contributed by atoms with Crippen LogP contribution in [0.1, 0.15) is 11.1 Å². The Bertz CT molecular complexity index is 1040. The van der Waals surface area contributed by atoms with Gasteiger partial charge in [0.1, 0.15) is 11.6 Å². The summed E-state index contributed by atoms with van der Waals surface area (Å²) in [4.78, 5) is 0. The first-order valence-corrected chi connectivity index (χ1v) is 9.24. The molecule has 4 aromatic rings. The maximum Gasteiger partial charge on any atom is 0.205 e. The zero-order chi connectivity index (χ0) is 18.8. The lowest BCUT2D eigenvalue weighted by Gasteiger charge is -2.10. The molecule has 0 spiro atoms. The normalized spacial score (nSPS) is 11.1. The van der Waals surface area contributed by atoms with E-state index in [9.17, 15) is 8.78 Å². The van der Waals surface area contributed by atoms with Gasteiger partial charge in [-0.1, -0.05) is 35.5 Å². The summed E-state index contributed by atoms with van der Waals surface area (Å²) in [5.41, 5.74) is 1.98. The Morgan fingerprint density at radius 3 is 2.37 bits per heavy atom. The van der Waals surface area contributed by atoms with Crippen LogP contribution in [0.5, 0.6) is 0 Å². The number of benzene rings is 2. The van der Waals surface area contributed by atoms with Gasteiger partial charge in [-0.2, -0.15) is 0 Å². The lowest BCUT2D eigenvalue weighted by atomic mass is 10.2. The van der Waals surface area contributed by atoms with E-state index in [1.807, 2.05) is 35.8 Å². The summed E-state index contributed by atoms with van der Waals surface area (Å²) >= 11 is 1.21. The maximum absolute atomic E-state index is 13.9. The highest BCUT2D eigenvalue weighted by Gasteiger charge is 2.19. The van der Waals surface area contributed by atoms with E-state index in [4.69, 9.17) is 4.42 Å². The van der Waals surface area contributed by atoms with Crippen molar-refractivity contribution in [3.8, 4) is 17.3 Å². The number of furan rings is 1. The molecule has 2 aromatic carbocycles. The fourth-order valence-corrected chi connectivity index (χ4v) is 3.63. The molecule has 2 heterocycles. The summed E-state index contributed by atoms with van der Waals surface area (Å²) in [6.07, 6.45) is 1.56. The molecule has 4 rings (SSSR count). The maximum atomic E-state index is 13.9. The molecule has 0 aliphatic carbocycles. The number of hydrogen-bond donors (Lipinski definition) is 0. The van der Waals surface area contributed by atoms with Crippen LogP contribution in [0.15, 0.2) is 70.4 Å². The molecule has 0 saturated carbocycles. The van der Waals surface area contributed by atoms with Crippen molar-refractivity contribution in [3.63, 3.8) is 0 Å². The number of thioether (sulfide) groups is 1. The number of rotatable bonds is 5. The lowest BCUT2D eigenvalue weighted by molar-refractivity contribution is 0.566. The van der Waals surface area contributed by atoms with E-state index in [1.165, 1.54) is 30.0 Å². The molecule has 136 valence electrons. The third kappa shape index (κ3) is 3.50. The summed E-state index contributed by atoms with van der Waals surface area (Å²) in [6, 6.07) is 15.2. The predicted molar refractivity (Wildman–Crippen MR) is 99.7 cm³/mol. The highest BCUT2D eigenvalue weighted by Crippen LogP contribution is 2.31. The second-order valence-electron chi connectivity index (χ2n) is 5.94. The van der Waals surface area contributed by atoms with Gasteiger partial charge in [-0.25, -0.2) is 8.78 Å². The molecule has 0 radical (unpaired) electrons. The Kier molecular flexibility index (Phi) is 4.77. The van der Waals surface area contributed by atoms with Crippen molar-refractivity contribution in [3.05, 3.63) is 83.6 Å². The standard InChI is InChI=1S/C20H15F2N3OS/c1-13-7-9-14(10-8-13)25-19(18-6-3-11-26-18)23-24-20(25)27-12-15-16(21)4-2-5-17(15)22/h2-11H,12H2,1H3. The first-order chi connectivity index (χ1) is 13.1. The van der Waals surface area contributed by atoms with Crippen LogP contribution in [0.4, 0.5) is 8.78 Å². The third-order valence-electron chi connectivity index (χ3n) is 4.07. The lowest BCUT2D eigenvalue weighted by Crippen LogP contribution is -2.00. The van der Waals surface area contributed by atoms with Crippen molar-refractivity contribution in [2.45, 2.75) is 17.8 Å². The Morgan fingerprint density at radius 1 is 0.963 bits per heavy atom. The molecule has 0 fully saturated rings. The number of aryl methyl sites for hydroxylation is 1. The van der Waals surface area contributed by atoms with Gasteiger partial charge in [0.25, 0.3) is 0 Å². The van der Waals surface area contributed by atoms with E-state index in [0.29, 0.717) is 16.7 Å². The van der Waals surface area contributed by atoms with Gasteiger partial charge in [-0.05, 0) is 43.3 Å². The summed E-state index contributed by atoms with van der Waals surface area (Å²) in [6.45, 7) is 2.00. The van der Waals surface area contributed by atoms with Gasteiger partial charge in [0.05, 0.1) is 6.26 Å². The van der Waals surface area contributed by atoms with Crippen LogP contribution in [0.3, 0.4) is 0 Å². The van der Waals surface area contributed by atoms with Crippen LogP contribution < -0.4 is 0 Å². The number of hydrogen-bond acceptors (Lipinski definition) is 4. The summed E-state index contributed by atoms with van der Waals surface area (Å²) in [7, 11) is 0. The predicted octanol–water partition coefficient (Wildman–Crippen LogP) is 5.41. The highest BCUT2D eigenvalue weighted by molar-refractivity contribution is 7.98. The molecule has 0 aliphatic rings. The molecule has 0 unspecified atom stereocenters. The Hall–Kier alpha value is -2.93. The fraction of sp³-hybridized carbons (Fsp3) is 0.100. The third-order valence-corrected chi connectivity index (χ3v) is 5.03. The first-order valence-electron chi connectivity index (χ1n) is 8.25. The quantitative estimate of drug-likeness (QED) is 0.433. The van der Waals surface area contributed by atoms with E-state index >= 15 is 0 Å². The molecule has 0 bridgehead atoms. The van der Waals surface area contributed by atoms with Gasteiger partial charge >= 0.3 is 0 Å². The Balaban J connectivity index is 1.73. The Labute approximate surface area is 158 Å². The molecule has 7 heteroatoms. The van der Waals surface area contributed by atoms with Crippen LogP contribution in [0, 0.1) is 18.6 Å². The van der Waals surface area contributed by atoms with Gasteiger partial charge in [0, 0.05) is 17.0 Å². The van der Waals surface area contributed by atoms with Crippen molar-refractivity contribution in [1.29, 1.82) is 0 Å². The second-order valence-corrected chi connectivity index (χ2v) is 6.89. The van der Waals surface area contributed by atoms with E-state index in [2.05, 4.69) is 10.2 Å². The molecule has 0 amide bonds. The average molecular weight is 383 g/mol. The molecule has 0 atom stereocenters. The first kappa shape index (κ1) is 17.5. The van der Waals surface area contributed by atoms with Crippen molar-refractivity contribution in [2.24, 2.45) is 0 Å². The molecular formula is C20H15F2N3OS. The molecule has 0 aliphatic heterocycles. The Morgan fingerprint density at radius 2 is 1.70 bits per heavy atom. The van der Waals surface area contributed by atoms with Crippen LogP contribution in [-0.2, 0) is 5.75 Å². The highest BCUT2D eigenvalue weighted by atomic mass is 32.2. The summed E-state index contributed by atoms with van der Waals surface area (Å²) in [5.74, 6) is 0.0402. The van der Waals surface area contributed by atoms with Crippen molar-refractivity contribution < 1.29 is 13.2 Å². The second kappa shape index (κ2) is 7.36. The van der Waals surface area contributed by atoms with Gasteiger partial charge in [-0.15, -0.1) is 10.2 Å². The average Bonchev–Trinajstić information content (AvgIpc) is 3.31. The number of aromatic nitrogens is 3. The van der Waals surface area contributed by atoms with Crippen LogP contribution in [-0.4, -0.2) is 14.8 Å². The molecular weight excluding hydrogens is 368 g/mol. The van der Waals surface area contributed by atoms with Gasteiger partial charge < -0.3 is 4.42 Å². The van der Waals surface area contributed by atoms with Crippen molar-refractivity contribution in [1.82, 2.24) is 14.8 Å². The fourth-order valence-electron chi connectivity index (χ4n) is 2.66. The van der Waals surface area contributed by atoms with E-state index in [1.54, 1.807) is 18.4 Å². The molecule has 27 heavy (non-hydrogen) atoms. The number of halogens is 2. The minimum Gasteiger partial charge on any atom is -0.461 e. The van der Waals surface area contributed by atoms with E-state index in [-0.39, 0.29) is 11.3 Å². The van der Waals surface area contributed by atoms with Gasteiger partial charge in [-0.3, -0.25) is 4.57 Å². The summed E-state index contributed by atoms with van der Waals surface area (Å²) in [5, 5.41) is 8.96. The zero-order valence-electron chi connectivity index (χ0n) is 14.4. The molecule has 0 N–H and O–H groups in total. The molecule has 4 nitrogen and oxygen atoms in total. The topological polar surface area (TPSA) is 43.9 Å². The van der Waals surface area contributed by atoms with Crippen LogP contribution in [0.25, 0.3) is 17.3 Å². The molecule has 2 aromatic heterocycles. The number of nitrogens with zero attached hydrogens (tertiary/aromatic N) is 3. The van der Waals surface area contributed by atoms with Gasteiger partial charge in [0.15, 0.2) is 10.9 Å². The smallest absolute Gasteiger partial charge is 0.205 e. The minimum atomic E-state index is -0.574. The van der Waals surface area contributed by atoms with Crippen molar-refractivity contribution >= 4 is 11.8 Å². The summed E-state index contributed by atoms with van der Waals surface area (Å²) < 4.78 is 35.2. The van der Waals surface area contributed by atoms with E-state index in [0.717, 1.165) is 11.3 Å². The molecule has 0 saturated heterocycles. The SMILES string of the molecule is Cc1ccc(-n2c(SCc3c(F)cccc3F)nnc2-c2ccco2)cc1. The van der Waals surface area contributed by atoms with Crippen LogP contribution in [0.2, 0.25) is 0 Å². The largest absolute Gasteiger partial charge is 0.461 e. The van der Waals surface area contributed by atoms with E-state index < -0.39 is 11.6 Å².